The van der Waals surface area contributed by atoms with Crippen LogP contribution in [0.2, 0.25) is 0 Å². The predicted molar refractivity (Wildman–Crippen MR) is 56.1 cm³/mol. The number of benzene rings is 1. The summed E-state index contributed by atoms with van der Waals surface area (Å²) in [6.45, 7) is 0. The molecule has 1 unspecified atom stereocenters. The molecule has 0 amide bonds. The minimum atomic E-state index is -1.24. The minimum Gasteiger partial charge on any atom is -0.480 e. The van der Waals surface area contributed by atoms with Crippen molar-refractivity contribution in [1.29, 1.82) is 0 Å². The quantitative estimate of drug-likeness (QED) is 0.628. The van der Waals surface area contributed by atoms with E-state index in [4.69, 9.17) is 10.8 Å². The molecule has 6 heteroatoms. The lowest BCUT2D eigenvalue weighted by atomic mass is 10.0. The van der Waals surface area contributed by atoms with Crippen molar-refractivity contribution < 1.29 is 24.5 Å². The molecule has 0 spiro atoms. The van der Waals surface area contributed by atoms with Crippen LogP contribution >= 0.6 is 0 Å². The van der Waals surface area contributed by atoms with E-state index in [0.29, 0.717) is 11.1 Å². The van der Waals surface area contributed by atoms with Gasteiger partial charge >= 0.3 is 11.9 Å². The highest BCUT2D eigenvalue weighted by Gasteiger charge is 2.29. The summed E-state index contributed by atoms with van der Waals surface area (Å²) in [5.74, 6) is -1.72. The maximum atomic E-state index is 11.3. The van der Waals surface area contributed by atoms with Gasteiger partial charge in [0.2, 0.25) is 6.29 Å². The van der Waals surface area contributed by atoms with Crippen LogP contribution in [0.4, 0.5) is 0 Å². The Bertz CT molecular complexity index is 485. The van der Waals surface area contributed by atoms with Crippen molar-refractivity contribution in [1.82, 2.24) is 0 Å². The highest BCUT2D eigenvalue weighted by Crippen LogP contribution is 2.29. The van der Waals surface area contributed by atoms with Gasteiger partial charge in [-0.2, -0.15) is 0 Å². The van der Waals surface area contributed by atoms with E-state index >= 15 is 0 Å². The number of rotatable bonds is 3. The molecule has 17 heavy (non-hydrogen) atoms. The summed E-state index contributed by atoms with van der Waals surface area (Å²) in [5, 5.41) is 18.0. The Balaban J connectivity index is 2.26. The van der Waals surface area contributed by atoms with E-state index in [1.165, 1.54) is 12.1 Å². The van der Waals surface area contributed by atoms with Gasteiger partial charge in [-0.15, -0.1) is 0 Å². The molecular formula is C11H11NO5. The van der Waals surface area contributed by atoms with Crippen LogP contribution in [0.25, 0.3) is 0 Å². The number of carboxylic acids is 1. The van der Waals surface area contributed by atoms with E-state index < -0.39 is 24.3 Å². The zero-order valence-corrected chi connectivity index (χ0v) is 8.79. The summed E-state index contributed by atoms with van der Waals surface area (Å²) >= 11 is 0. The number of esters is 1. The lowest BCUT2D eigenvalue weighted by Crippen LogP contribution is -2.32. The third-order valence-electron chi connectivity index (χ3n) is 2.60. The van der Waals surface area contributed by atoms with Gasteiger partial charge in [-0.05, 0) is 18.1 Å². The van der Waals surface area contributed by atoms with Gasteiger partial charge < -0.3 is 20.7 Å². The van der Waals surface area contributed by atoms with Gasteiger partial charge in [-0.1, -0.05) is 12.1 Å². The zero-order valence-electron chi connectivity index (χ0n) is 8.79. The fourth-order valence-corrected chi connectivity index (χ4v) is 1.69. The molecule has 90 valence electrons. The number of hydrogen-bond donors (Lipinski definition) is 3. The molecule has 6 nitrogen and oxygen atoms in total. The average molecular weight is 237 g/mol. The molecule has 1 aromatic rings. The van der Waals surface area contributed by atoms with Gasteiger partial charge in [0.25, 0.3) is 0 Å². The molecule has 1 aliphatic heterocycles. The first-order valence-corrected chi connectivity index (χ1v) is 4.99. The highest BCUT2D eigenvalue weighted by atomic mass is 16.6. The Kier molecular flexibility index (Phi) is 2.83. The van der Waals surface area contributed by atoms with Gasteiger partial charge in [0.05, 0.1) is 5.56 Å². The molecule has 1 aromatic carbocycles. The van der Waals surface area contributed by atoms with E-state index in [2.05, 4.69) is 4.74 Å². The van der Waals surface area contributed by atoms with Crippen LogP contribution in [0.3, 0.4) is 0 Å². The number of cyclic esters (lactones) is 1. The summed E-state index contributed by atoms with van der Waals surface area (Å²) in [6, 6.07) is 3.63. The number of aliphatic hydroxyl groups excluding tert-OH is 1. The molecular weight excluding hydrogens is 226 g/mol. The summed E-state index contributed by atoms with van der Waals surface area (Å²) < 4.78 is 4.61. The van der Waals surface area contributed by atoms with Crippen LogP contribution < -0.4 is 5.73 Å². The van der Waals surface area contributed by atoms with Gasteiger partial charge in [-0.3, -0.25) is 4.79 Å². The normalized spacial score (nSPS) is 19.6. The van der Waals surface area contributed by atoms with E-state index in [9.17, 15) is 14.7 Å². The second-order valence-electron chi connectivity index (χ2n) is 3.83. The first-order chi connectivity index (χ1) is 7.99. The van der Waals surface area contributed by atoms with Crippen molar-refractivity contribution >= 4 is 11.9 Å². The molecule has 2 rings (SSSR count). The van der Waals surface area contributed by atoms with Crippen LogP contribution in [0.15, 0.2) is 18.2 Å². The largest absolute Gasteiger partial charge is 0.480 e. The standard InChI is InChI=1S/C11H11NO5/c12-8(9(13)14)4-5-1-2-6-7(3-5)11(16)17-10(6)15/h1-3,8,10,15H,4,12H2,(H,13,14)/t8-,10?/m0/s1. The third-order valence-corrected chi connectivity index (χ3v) is 2.60. The number of ether oxygens (including phenoxy) is 1. The number of carbonyl (C=O) groups is 2. The number of nitrogens with two attached hydrogens (primary N) is 1. The molecule has 1 heterocycles. The molecule has 0 radical (unpaired) electrons. The van der Waals surface area contributed by atoms with E-state index in [1.54, 1.807) is 6.07 Å². The summed E-state index contributed by atoms with van der Waals surface area (Å²) in [4.78, 5) is 21.9. The number of hydrogen-bond acceptors (Lipinski definition) is 5. The molecule has 0 aromatic heterocycles. The molecule has 2 atom stereocenters. The number of carbonyl (C=O) groups excluding carboxylic acids is 1. The molecule has 0 fully saturated rings. The van der Waals surface area contributed by atoms with Gasteiger partial charge in [-0.25, -0.2) is 4.79 Å². The van der Waals surface area contributed by atoms with Gasteiger partial charge in [0.1, 0.15) is 6.04 Å². The molecule has 1 aliphatic rings. The van der Waals surface area contributed by atoms with Crippen molar-refractivity contribution in [3.05, 3.63) is 34.9 Å². The molecule has 0 aliphatic carbocycles. The summed E-state index contributed by atoms with van der Waals surface area (Å²) in [5.41, 5.74) is 6.65. The Morgan fingerprint density at radius 2 is 2.24 bits per heavy atom. The van der Waals surface area contributed by atoms with Crippen LogP contribution in [0, 0.1) is 0 Å². The SMILES string of the molecule is N[C@@H](Cc1ccc2c(c1)C(=O)OC2O)C(=O)O. The maximum absolute atomic E-state index is 11.3. The Hall–Kier alpha value is -1.92. The number of aliphatic carboxylic acids is 1. The van der Waals surface area contributed by atoms with Crippen molar-refractivity contribution in [3.63, 3.8) is 0 Å². The van der Waals surface area contributed by atoms with Gasteiger partial charge in [0.15, 0.2) is 0 Å². The Morgan fingerprint density at radius 1 is 1.53 bits per heavy atom. The molecule has 4 N–H and O–H groups in total. The van der Waals surface area contributed by atoms with Crippen LogP contribution in [-0.4, -0.2) is 28.2 Å². The third kappa shape index (κ3) is 2.13. The maximum Gasteiger partial charge on any atom is 0.341 e. The molecule has 0 saturated heterocycles. The fraction of sp³-hybridized carbons (Fsp3) is 0.273. The Morgan fingerprint density at radius 3 is 2.88 bits per heavy atom. The van der Waals surface area contributed by atoms with Crippen molar-refractivity contribution in [3.8, 4) is 0 Å². The van der Waals surface area contributed by atoms with E-state index in [-0.39, 0.29) is 12.0 Å². The Labute approximate surface area is 96.6 Å². The summed E-state index contributed by atoms with van der Waals surface area (Å²) in [6.07, 6.45) is -1.12. The van der Waals surface area contributed by atoms with Crippen LogP contribution in [-0.2, 0) is 16.0 Å². The number of carboxylic acid groups (broad SMARTS) is 1. The monoisotopic (exact) mass is 237 g/mol. The fourth-order valence-electron chi connectivity index (χ4n) is 1.69. The smallest absolute Gasteiger partial charge is 0.341 e. The highest BCUT2D eigenvalue weighted by molar-refractivity contribution is 5.94. The van der Waals surface area contributed by atoms with E-state index in [1.807, 2.05) is 0 Å². The molecule has 0 saturated carbocycles. The second kappa shape index (κ2) is 4.15. The van der Waals surface area contributed by atoms with Crippen LogP contribution in [0.5, 0.6) is 0 Å². The van der Waals surface area contributed by atoms with Crippen molar-refractivity contribution in [2.45, 2.75) is 18.8 Å². The second-order valence-corrected chi connectivity index (χ2v) is 3.83. The average Bonchev–Trinajstić information content (AvgIpc) is 2.54. The lowest BCUT2D eigenvalue weighted by molar-refractivity contribution is -0.138. The topological polar surface area (TPSA) is 110 Å². The van der Waals surface area contributed by atoms with E-state index in [0.717, 1.165) is 0 Å². The molecule has 0 bridgehead atoms. The van der Waals surface area contributed by atoms with Gasteiger partial charge in [0, 0.05) is 5.56 Å². The predicted octanol–water partition coefficient (Wildman–Crippen LogP) is -0.198. The van der Waals surface area contributed by atoms with Crippen LogP contribution in [0.1, 0.15) is 27.8 Å². The first-order valence-electron chi connectivity index (χ1n) is 4.99. The van der Waals surface area contributed by atoms with Crippen molar-refractivity contribution in [2.75, 3.05) is 0 Å². The van der Waals surface area contributed by atoms with Crippen molar-refractivity contribution in [2.24, 2.45) is 5.73 Å². The lowest BCUT2D eigenvalue weighted by Gasteiger charge is -2.07. The zero-order chi connectivity index (χ0) is 12.6. The summed E-state index contributed by atoms with van der Waals surface area (Å²) in [7, 11) is 0. The number of fused-ring (bicyclic) bond motifs is 1. The first kappa shape index (κ1) is 11.6. The minimum absolute atomic E-state index is 0.117. The number of aliphatic hydroxyl groups is 1.